The highest BCUT2D eigenvalue weighted by Gasteiger charge is 2.62. The van der Waals surface area contributed by atoms with Crippen LogP contribution in [0.1, 0.15) is 19.4 Å². The maximum atomic E-state index is 12.9. The number of aromatic nitrogens is 2. The standard InChI is InChI=1S/C10H10ClF3N4O2/c1-6(17-5-7(11)4-16-17)8(19)18-9(20,2-3-15-18)10(12,13)14/h3-6,20H,2H2,1H3/t6-,9-/m0/s1. The van der Waals surface area contributed by atoms with Crippen LogP contribution in [0.5, 0.6) is 0 Å². The van der Waals surface area contributed by atoms with Crippen molar-refractivity contribution in [2.45, 2.75) is 31.3 Å². The number of amides is 1. The van der Waals surface area contributed by atoms with E-state index in [4.69, 9.17) is 11.6 Å². The Morgan fingerprint density at radius 1 is 1.60 bits per heavy atom. The minimum atomic E-state index is -5.01. The van der Waals surface area contributed by atoms with Gasteiger partial charge in [0.15, 0.2) is 0 Å². The topological polar surface area (TPSA) is 70.7 Å². The predicted octanol–water partition coefficient (Wildman–Crippen LogP) is 1.57. The lowest BCUT2D eigenvalue weighted by atomic mass is 10.1. The van der Waals surface area contributed by atoms with Crippen molar-refractivity contribution in [3.05, 3.63) is 17.4 Å². The van der Waals surface area contributed by atoms with Crippen molar-refractivity contribution in [3.8, 4) is 0 Å². The molecule has 1 amide bonds. The summed E-state index contributed by atoms with van der Waals surface area (Å²) in [7, 11) is 0. The summed E-state index contributed by atoms with van der Waals surface area (Å²) in [5.41, 5.74) is -3.32. The lowest BCUT2D eigenvalue weighted by Gasteiger charge is -2.33. The molecule has 0 aliphatic carbocycles. The fourth-order valence-electron chi connectivity index (χ4n) is 1.72. The highest BCUT2D eigenvalue weighted by molar-refractivity contribution is 6.30. The number of nitrogens with zero attached hydrogens (tertiary/aromatic N) is 4. The van der Waals surface area contributed by atoms with Gasteiger partial charge in [-0.25, -0.2) is 0 Å². The Kier molecular flexibility index (Phi) is 3.51. The molecule has 0 unspecified atom stereocenters. The number of aliphatic hydroxyl groups is 1. The van der Waals surface area contributed by atoms with E-state index in [0.717, 1.165) is 10.9 Å². The van der Waals surface area contributed by atoms with E-state index in [0.29, 0.717) is 0 Å². The summed E-state index contributed by atoms with van der Waals surface area (Å²) in [6.07, 6.45) is -2.45. The number of rotatable bonds is 2. The molecule has 10 heteroatoms. The molecule has 0 spiro atoms. The van der Waals surface area contributed by atoms with Gasteiger partial charge in [0.2, 0.25) is 0 Å². The minimum Gasteiger partial charge on any atom is -0.362 e. The van der Waals surface area contributed by atoms with Crippen molar-refractivity contribution < 1.29 is 23.1 Å². The van der Waals surface area contributed by atoms with Crippen molar-refractivity contribution in [1.29, 1.82) is 0 Å². The van der Waals surface area contributed by atoms with Gasteiger partial charge in [-0.3, -0.25) is 9.48 Å². The lowest BCUT2D eigenvalue weighted by Crippen LogP contribution is -2.57. The van der Waals surface area contributed by atoms with E-state index in [2.05, 4.69) is 10.2 Å². The Labute approximate surface area is 116 Å². The second-order valence-corrected chi connectivity index (χ2v) is 4.72. The summed E-state index contributed by atoms with van der Waals surface area (Å²) in [6.45, 7) is 1.33. The summed E-state index contributed by atoms with van der Waals surface area (Å²) in [5, 5.41) is 17.0. The summed E-state index contributed by atoms with van der Waals surface area (Å²) < 4.78 is 39.7. The first-order valence-electron chi connectivity index (χ1n) is 5.52. The van der Waals surface area contributed by atoms with Crippen molar-refractivity contribution >= 4 is 23.7 Å². The first kappa shape index (κ1) is 14.8. The van der Waals surface area contributed by atoms with Gasteiger partial charge in [-0.2, -0.15) is 28.4 Å². The van der Waals surface area contributed by atoms with Gasteiger partial charge in [-0.15, -0.1) is 0 Å². The van der Waals surface area contributed by atoms with E-state index >= 15 is 0 Å². The van der Waals surface area contributed by atoms with E-state index in [9.17, 15) is 23.1 Å². The molecule has 0 saturated heterocycles. The summed E-state index contributed by atoms with van der Waals surface area (Å²) >= 11 is 5.63. The highest BCUT2D eigenvalue weighted by Crippen LogP contribution is 2.39. The molecule has 0 fully saturated rings. The number of hydrogen-bond donors (Lipinski definition) is 1. The SMILES string of the molecule is C[C@@H](C(=O)N1N=CC[C@]1(O)C(F)(F)F)n1cc(Cl)cn1. The van der Waals surface area contributed by atoms with Gasteiger partial charge in [0.05, 0.1) is 11.2 Å². The molecule has 2 rings (SSSR count). The Balaban J connectivity index is 2.26. The summed E-state index contributed by atoms with van der Waals surface area (Å²) in [4.78, 5) is 12.1. The molecule has 1 N–H and O–H groups in total. The molecule has 0 radical (unpaired) electrons. The first-order chi connectivity index (χ1) is 9.17. The van der Waals surface area contributed by atoms with Gasteiger partial charge >= 0.3 is 6.18 Å². The van der Waals surface area contributed by atoms with Gasteiger partial charge in [0.1, 0.15) is 6.04 Å². The highest BCUT2D eigenvalue weighted by atomic mass is 35.5. The molecular formula is C10H10ClF3N4O2. The number of hydrazone groups is 1. The molecule has 1 aliphatic heterocycles. The molecule has 1 aromatic heterocycles. The third kappa shape index (κ3) is 2.27. The Hall–Kier alpha value is -1.61. The van der Waals surface area contributed by atoms with E-state index in [1.807, 2.05) is 0 Å². The van der Waals surface area contributed by atoms with Crippen LogP contribution in [0.15, 0.2) is 17.5 Å². The Morgan fingerprint density at radius 3 is 2.75 bits per heavy atom. The Bertz CT molecular complexity index is 559. The average molecular weight is 311 g/mol. The Morgan fingerprint density at radius 2 is 2.25 bits per heavy atom. The zero-order chi connectivity index (χ0) is 15.1. The van der Waals surface area contributed by atoms with Gasteiger partial charge < -0.3 is 5.11 Å². The van der Waals surface area contributed by atoms with Crippen LogP contribution in [0.25, 0.3) is 0 Å². The zero-order valence-electron chi connectivity index (χ0n) is 10.2. The number of carbonyl (C=O) groups is 1. The summed E-state index contributed by atoms with van der Waals surface area (Å²) in [6, 6.07) is -1.09. The van der Waals surface area contributed by atoms with Crippen LogP contribution in [-0.4, -0.2) is 43.9 Å². The average Bonchev–Trinajstić information content (AvgIpc) is 2.93. The second kappa shape index (κ2) is 4.74. The van der Waals surface area contributed by atoms with Gasteiger partial charge in [-0.05, 0) is 6.92 Å². The fourth-order valence-corrected chi connectivity index (χ4v) is 1.87. The van der Waals surface area contributed by atoms with E-state index in [1.165, 1.54) is 19.3 Å². The monoisotopic (exact) mass is 310 g/mol. The van der Waals surface area contributed by atoms with Crippen LogP contribution in [0.4, 0.5) is 13.2 Å². The molecule has 6 nitrogen and oxygen atoms in total. The van der Waals surface area contributed by atoms with Crippen LogP contribution >= 0.6 is 11.6 Å². The van der Waals surface area contributed by atoms with E-state index < -0.39 is 30.3 Å². The molecular weight excluding hydrogens is 301 g/mol. The number of carbonyl (C=O) groups excluding carboxylic acids is 1. The number of hydrogen-bond acceptors (Lipinski definition) is 4. The maximum Gasteiger partial charge on any atom is 0.438 e. The third-order valence-electron chi connectivity index (χ3n) is 2.91. The molecule has 20 heavy (non-hydrogen) atoms. The lowest BCUT2D eigenvalue weighted by molar-refractivity contribution is -0.302. The van der Waals surface area contributed by atoms with Gasteiger partial charge in [0.25, 0.3) is 11.6 Å². The van der Waals surface area contributed by atoms with Gasteiger partial charge in [0, 0.05) is 18.8 Å². The largest absolute Gasteiger partial charge is 0.438 e. The molecule has 0 saturated carbocycles. The van der Waals surface area contributed by atoms with Gasteiger partial charge in [-0.1, -0.05) is 11.6 Å². The van der Waals surface area contributed by atoms with Crippen molar-refractivity contribution in [1.82, 2.24) is 14.8 Å². The summed E-state index contributed by atoms with van der Waals surface area (Å²) in [5.74, 6) is -1.04. The molecule has 110 valence electrons. The molecule has 1 aliphatic rings. The van der Waals surface area contributed by atoms with Crippen LogP contribution < -0.4 is 0 Å². The fraction of sp³-hybridized carbons (Fsp3) is 0.500. The quantitative estimate of drug-likeness (QED) is 0.901. The van der Waals surface area contributed by atoms with E-state index in [-0.39, 0.29) is 10.0 Å². The third-order valence-corrected chi connectivity index (χ3v) is 3.11. The first-order valence-corrected chi connectivity index (χ1v) is 5.90. The second-order valence-electron chi connectivity index (χ2n) is 4.28. The van der Waals surface area contributed by atoms with Crippen LogP contribution in [-0.2, 0) is 4.79 Å². The maximum absolute atomic E-state index is 12.9. The zero-order valence-corrected chi connectivity index (χ0v) is 10.9. The molecule has 0 bridgehead atoms. The van der Waals surface area contributed by atoms with Crippen LogP contribution in [0.3, 0.4) is 0 Å². The molecule has 1 aromatic rings. The molecule has 2 heterocycles. The molecule has 2 atom stereocenters. The normalized spacial score (nSPS) is 24.2. The predicted molar refractivity (Wildman–Crippen MR) is 62.9 cm³/mol. The van der Waals surface area contributed by atoms with Crippen molar-refractivity contribution in [3.63, 3.8) is 0 Å². The molecule has 0 aromatic carbocycles. The van der Waals surface area contributed by atoms with Crippen LogP contribution in [0, 0.1) is 0 Å². The van der Waals surface area contributed by atoms with Crippen LogP contribution in [0.2, 0.25) is 5.02 Å². The number of halogens is 4. The number of alkyl halides is 3. The smallest absolute Gasteiger partial charge is 0.362 e. The minimum absolute atomic E-state index is 0.0350. The van der Waals surface area contributed by atoms with E-state index in [1.54, 1.807) is 0 Å². The van der Waals surface area contributed by atoms with Crippen molar-refractivity contribution in [2.75, 3.05) is 0 Å². The van der Waals surface area contributed by atoms with Crippen molar-refractivity contribution in [2.24, 2.45) is 5.10 Å².